The molecular weight excluding hydrogens is 346 g/mol. The number of aromatic nitrogens is 1. The second kappa shape index (κ2) is 6.10. The second-order valence-corrected chi connectivity index (χ2v) is 6.02. The number of ether oxygens (including phenoxy) is 1. The summed E-state index contributed by atoms with van der Waals surface area (Å²) in [4.78, 5) is 16.4. The number of hydrogen-bond acceptors (Lipinski definition) is 4. The number of nitrogens with one attached hydrogen (secondary N) is 1. The average molecular weight is 355 g/mol. The minimum Gasteiger partial charge on any atom is -0.496 e. The zero-order valence-corrected chi connectivity index (χ0v) is 13.3. The molecule has 1 aromatic heterocycles. The molecule has 0 aliphatic heterocycles. The van der Waals surface area contributed by atoms with Crippen molar-refractivity contribution in [2.45, 2.75) is 0 Å². The van der Waals surface area contributed by atoms with Crippen molar-refractivity contribution in [3.8, 4) is 5.75 Å². The van der Waals surface area contributed by atoms with Crippen LogP contribution in [0.1, 0.15) is 10.4 Å². The number of thiazole rings is 1. The number of carbonyl (C=O) groups is 1. The van der Waals surface area contributed by atoms with Crippen LogP contribution >= 0.6 is 22.9 Å². The van der Waals surface area contributed by atoms with Gasteiger partial charge in [0.1, 0.15) is 5.75 Å². The van der Waals surface area contributed by atoms with Crippen LogP contribution in [-0.2, 0) is 0 Å². The highest BCUT2D eigenvalue weighted by Gasteiger charge is 2.16. The van der Waals surface area contributed by atoms with E-state index in [2.05, 4.69) is 10.3 Å². The monoisotopic (exact) mass is 354 g/mol. The number of hydrogen-bond donors (Lipinski definition) is 1. The largest absolute Gasteiger partial charge is 0.496 e. The van der Waals surface area contributed by atoms with Crippen LogP contribution in [0.4, 0.5) is 13.9 Å². The molecule has 0 aliphatic rings. The number of anilines is 1. The minimum absolute atomic E-state index is 0.229. The summed E-state index contributed by atoms with van der Waals surface area (Å²) >= 11 is 6.89. The number of rotatable bonds is 3. The van der Waals surface area contributed by atoms with E-state index in [1.807, 2.05) is 0 Å². The maximum atomic E-state index is 13.2. The molecule has 0 unspecified atom stereocenters. The van der Waals surface area contributed by atoms with Crippen molar-refractivity contribution < 1.29 is 18.3 Å². The normalized spacial score (nSPS) is 10.8. The first-order valence-electron chi connectivity index (χ1n) is 6.38. The molecule has 4 nitrogen and oxygen atoms in total. The van der Waals surface area contributed by atoms with Crippen molar-refractivity contribution in [1.29, 1.82) is 0 Å². The van der Waals surface area contributed by atoms with Gasteiger partial charge in [-0.1, -0.05) is 22.9 Å². The van der Waals surface area contributed by atoms with E-state index in [4.69, 9.17) is 16.3 Å². The number of benzene rings is 2. The molecule has 0 spiro atoms. The summed E-state index contributed by atoms with van der Waals surface area (Å²) in [5.41, 5.74) is 0.542. The van der Waals surface area contributed by atoms with E-state index in [1.54, 1.807) is 6.07 Å². The highest BCUT2D eigenvalue weighted by atomic mass is 35.5. The van der Waals surface area contributed by atoms with Crippen LogP contribution in [0.3, 0.4) is 0 Å². The minimum atomic E-state index is -0.986. The van der Waals surface area contributed by atoms with E-state index in [-0.39, 0.29) is 16.2 Å². The summed E-state index contributed by atoms with van der Waals surface area (Å²) in [5.74, 6) is -2.09. The second-order valence-electron chi connectivity index (χ2n) is 4.55. The van der Waals surface area contributed by atoms with E-state index >= 15 is 0 Å². The van der Waals surface area contributed by atoms with Gasteiger partial charge in [0.25, 0.3) is 5.91 Å². The van der Waals surface area contributed by atoms with Gasteiger partial charge in [-0.15, -0.1) is 0 Å². The molecule has 23 heavy (non-hydrogen) atoms. The van der Waals surface area contributed by atoms with Crippen LogP contribution < -0.4 is 10.1 Å². The smallest absolute Gasteiger partial charge is 0.261 e. The number of fused-ring (bicyclic) bond motifs is 1. The molecule has 0 radical (unpaired) electrons. The third-order valence-electron chi connectivity index (χ3n) is 3.06. The lowest BCUT2D eigenvalue weighted by Gasteiger charge is -2.07. The fourth-order valence-electron chi connectivity index (χ4n) is 1.99. The Bertz CT molecular complexity index is 875. The van der Waals surface area contributed by atoms with E-state index < -0.39 is 17.5 Å². The van der Waals surface area contributed by atoms with E-state index in [0.717, 1.165) is 23.5 Å². The van der Waals surface area contributed by atoms with Gasteiger partial charge in [-0.25, -0.2) is 13.8 Å². The summed E-state index contributed by atoms with van der Waals surface area (Å²) in [6.45, 7) is 0. The fourth-order valence-corrected chi connectivity index (χ4v) is 3.02. The molecule has 118 valence electrons. The first kappa shape index (κ1) is 15.6. The van der Waals surface area contributed by atoms with Crippen LogP contribution in [0.15, 0.2) is 30.3 Å². The van der Waals surface area contributed by atoms with E-state index in [0.29, 0.717) is 15.5 Å². The van der Waals surface area contributed by atoms with Crippen LogP contribution in [0.25, 0.3) is 10.2 Å². The van der Waals surface area contributed by atoms with Crippen molar-refractivity contribution >= 4 is 44.2 Å². The summed E-state index contributed by atoms with van der Waals surface area (Å²) in [6.07, 6.45) is 0. The molecule has 1 heterocycles. The number of amides is 1. The van der Waals surface area contributed by atoms with Crippen molar-refractivity contribution in [3.05, 3.63) is 52.6 Å². The Morgan fingerprint density at radius 1 is 1.26 bits per heavy atom. The summed E-state index contributed by atoms with van der Waals surface area (Å²) in [6, 6.07) is 6.62. The molecule has 0 saturated heterocycles. The average Bonchev–Trinajstić information content (AvgIpc) is 2.88. The fraction of sp³-hybridized carbons (Fsp3) is 0.0667. The van der Waals surface area contributed by atoms with Crippen LogP contribution in [0, 0.1) is 11.6 Å². The highest BCUT2D eigenvalue weighted by molar-refractivity contribution is 7.22. The Morgan fingerprint density at radius 2 is 2.00 bits per heavy atom. The molecule has 0 saturated carbocycles. The number of methoxy groups -OCH3 is 1. The Morgan fingerprint density at radius 3 is 2.74 bits per heavy atom. The molecule has 0 atom stereocenters. The highest BCUT2D eigenvalue weighted by Crippen LogP contribution is 2.29. The molecule has 0 fully saturated rings. The van der Waals surface area contributed by atoms with Gasteiger partial charge < -0.3 is 4.74 Å². The number of carbonyl (C=O) groups excluding carboxylic acids is 1. The lowest BCUT2D eigenvalue weighted by atomic mass is 10.2. The zero-order valence-electron chi connectivity index (χ0n) is 11.7. The Hall–Kier alpha value is -2.25. The van der Waals surface area contributed by atoms with Gasteiger partial charge >= 0.3 is 0 Å². The number of nitrogens with zero attached hydrogens (tertiary/aromatic N) is 1. The van der Waals surface area contributed by atoms with Crippen LogP contribution in [0.2, 0.25) is 5.02 Å². The predicted molar refractivity (Wildman–Crippen MR) is 85.5 cm³/mol. The summed E-state index contributed by atoms with van der Waals surface area (Å²) in [7, 11) is 1.42. The molecular formula is C15H9ClF2N2O2S. The zero-order chi connectivity index (χ0) is 16.6. The topological polar surface area (TPSA) is 51.2 Å². The maximum absolute atomic E-state index is 13.2. The molecule has 3 rings (SSSR count). The molecule has 1 amide bonds. The van der Waals surface area contributed by atoms with Crippen molar-refractivity contribution in [2.75, 3.05) is 12.4 Å². The van der Waals surface area contributed by atoms with Gasteiger partial charge in [0, 0.05) is 11.1 Å². The lowest BCUT2D eigenvalue weighted by molar-refractivity contribution is 0.102. The quantitative estimate of drug-likeness (QED) is 0.754. The van der Waals surface area contributed by atoms with Gasteiger partial charge in [-0.2, -0.15) is 0 Å². The third-order valence-corrected chi connectivity index (χ3v) is 4.23. The predicted octanol–water partition coefficient (Wildman–Crippen LogP) is 4.49. The van der Waals surface area contributed by atoms with Crippen LogP contribution in [0.5, 0.6) is 5.75 Å². The molecule has 2 aromatic carbocycles. The number of halogens is 3. The standard InChI is InChI=1S/C15H9ClF2N2O2S/c1-22-12-4-7(16)2-3-8(12)14(21)20-15-19-11-5-9(17)10(18)6-13(11)23-15/h2-6H,1H3,(H,19,20,21). The molecule has 1 N–H and O–H groups in total. The first-order valence-corrected chi connectivity index (χ1v) is 7.58. The van der Waals surface area contributed by atoms with Gasteiger partial charge in [-0.05, 0) is 24.3 Å². The Kier molecular flexibility index (Phi) is 4.14. The van der Waals surface area contributed by atoms with Gasteiger partial charge in [0.15, 0.2) is 16.8 Å². The lowest BCUT2D eigenvalue weighted by Crippen LogP contribution is -2.12. The molecule has 3 aromatic rings. The van der Waals surface area contributed by atoms with Crippen molar-refractivity contribution in [1.82, 2.24) is 4.98 Å². The van der Waals surface area contributed by atoms with Crippen LogP contribution in [-0.4, -0.2) is 18.0 Å². The van der Waals surface area contributed by atoms with E-state index in [9.17, 15) is 13.6 Å². The first-order chi connectivity index (χ1) is 11.0. The maximum Gasteiger partial charge on any atom is 0.261 e. The van der Waals surface area contributed by atoms with Crippen molar-refractivity contribution in [3.63, 3.8) is 0 Å². The van der Waals surface area contributed by atoms with Gasteiger partial charge in [0.05, 0.1) is 22.9 Å². The van der Waals surface area contributed by atoms with Gasteiger partial charge in [0.2, 0.25) is 0 Å². The van der Waals surface area contributed by atoms with Crippen molar-refractivity contribution in [2.24, 2.45) is 0 Å². The van der Waals surface area contributed by atoms with Gasteiger partial charge in [-0.3, -0.25) is 10.1 Å². The SMILES string of the molecule is COc1cc(Cl)ccc1C(=O)Nc1nc2cc(F)c(F)cc2s1. The molecule has 8 heteroatoms. The Labute approximate surface area is 138 Å². The summed E-state index contributed by atoms with van der Waals surface area (Å²) < 4.78 is 32.0. The van der Waals surface area contributed by atoms with E-state index in [1.165, 1.54) is 19.2 Å². The molecule has 0 bridgehead atoms. The summed E-state index contributed by atoms with van der Waals surface area (Å²) in [5, 5.41) is 3.24. The Balaban J connectivity index is 1.91. The molecule has 0 aliphatic carbocycles. The third kappa shape index (κ3) is 3.11.